The number of carbonyl (C=O) groups is 2. The molecule has 1 aliphatic rings. The van der Waals surface area contributed by atoms with Crippen molar-refractivity contribution in [2.24, 2.45) is 0 Å². The summed E-state index contributed by atoms with van der Waals surface area (Å²) in [6.07, 6.45) is 3.27. The first-order valence-electron chi connectivity index (χ1n) is 5.86. The minimum atomic E-state index is -0.261. The molecule has 0 aromatic carbocycles. The summed E-state index contributed by atoms with van der Waals surface area (Å²) in [5.74, 6) is 0.0279. The zero-order chi connectivity index (χ0) is 12.0. The fourth-order valence-corrected chi connectivity index (χ4v) is 2.04. The zero-order valence-corrected chi connectivity index (χ0v) is 10.1. The minimum Gasteiger partial charge on any atom is -0.357 e. The molecule has 5 heteroatoms. The summed E-state index contributed by atoms with van der Waals surface area (Å²) in [6, 6.07) is -0.261. The van der Waals surface area contributed by atoms with Crippen molar-refractivity contribution in [1.29, 1.82) is 0 Å². The number of nitrogens with one attached hydrogen (secondary N) is 2. The number of hydrogen-bond donors (Lipinski definition) is 2. The highest BCUT2D eigenvalue weighted by Crippen LogP contribution is 2.17. The Morgan fingerprint density at radius 1 is 1.31 bits per heavy atom. The van der Waals surface area contributed by atoms with Crippen molar-refractivity contribution in [2.75, 3.05) is 27.2 Å². The summed E-state index contributed by atoms with van der Waals surface area (Å²) in [6.45, 7) is 1.37. The molecule has 92 valence electrons. The van der Waals surface area contributed by atoms with Crippen LogP contribution in [0.5, 0.6) is 0 Å². The van der Waals surface area contributed by atoms with Gasteiger partial charge < -0.3 is 15.5 Å². The maximum Gasteiger partial charge on any atom is 0.242 e. The lowest BCUT2D eigenvalue weighted by molar-refractivity contribution is -0.142. The molecule has 1 fully saturated rings. The Morgan fingerprint density at radius 3 is 2.69 bits per heavy atom. The molecule has 2 amide bonds. The Balaban J connectivity index is 2.59. The van der Waals surface area contributed by atoms with Gasteiger partial charge >= 0.3 is 0 Å². The Kier molecular flexibility index (Phi) is 5.25. The monoisotopic (exact) mass is 227 g/mol. The molecule has 0 bridgehead atoms. The molecule has 1 unspecified atom stereocenters. The topological polar surface area (TPSA) is 61.4 Å². The van der Waals surface area contributed by atoms with Crippen molar-refractivity contribution < 1.29 is 9.59 Å². The maximum absolute atomic E-state index is 11.9. The molecular formula is C11H21N3O2. The lowest BCUT2D eigenvalue weighted by atomic mass is 10.0. The van der Waals surface area contributed by atoms with Gasteiger partial charge in [0.05, 0.1) is 0 Å². The van der Waals surface area contributed by atoms with Gasteiger partial charge in [-0.1, -0.05) is 0 Å². The number of hydrogen-bond acceptors (Lipinski definition) is 3. The summed E-state index contributed by atoms with van der Waals surface area (Å²) in [7, 11) is 3.44. The summed E-state index contributed by atoms with van der Waals surface area (Å²) in [4.78, 5) is 25.3. The number of carbonyl (C=O) groups excluding carboxylic acids is 2. The smallest absolute Gasteiger partial charge is 0.242 e. The van der Waals surface area contributed by atoms with Crippen LogP contribution in [0.1, 0.15) is 25.7 Å². The number of amides is 2. The van der Waals surface area contributed by atoms with Crippen LogP contribution in [0, 0.1) is 0 Å². The lowest BCUT2D eigenvalue weighted by Gasteiger charge is -2.34. The highest BCUT2D eigenvalue weighted by Gasteiger charge is 2.30. The van der Waals surface area contributed by atoms with E-state index >= 15 is 0 Å². The molecule has 1 saturated heterocycles. The van der Waals surface area contributed by atoms with Crippen LogP contribution in [0.25, 0.3) is 0 Å². The van der Waals surface area contributed by atoms with Gasteiger partial charge in [-0.15, -0.1) is 0 Å². The molecule has 0 aromatic rings. The second kappa shape index (κ2) is 6.48. The molecule has 2 N–H and O–H groups in total. The molecule has 1 rings (SSSR count). The van der Waals surface area contributed by atoms with Crippen LogP contribution in [0.15, 0.2) is 0 Å². The van der Waals surface area contributed by atoms with Gasteiger partial charge in [-0.25, -0.2) is 0 Å². The fraction of sp³-hybridized carbons (Fsp3) is 0.818. The first-order valence-corrected chi connectivity index (χ1v) is 5.86. The van der Waals surface area contributed by atoms with Gasteiger partial charge in [0.25, 0.3) is 0 Å². The molecule has 0 saturated carbocycles. The molecule has 1 atom stereocenters. The van der Waals surface area contributed by atoms with Gasteiger partial charge in [0.15, 0.2) is 0 Å². The largest absolute Gasteiger partial charge is 0.357 e. The summed E-state index contributed by atoms with van der Waals surface area (Å²) >= 11 is 0. The molecule has 1 heterocycles. The standard InChI is InChI=1S/C11H21N3O2/c1-12-7-6-10(15)14-8-4-3-5-9(14)11(16)13-2/h9,12H,3-8H2,1-2H3,(H,13,16). The van der Waals surface area contributed by atoms with Gasteiger partial charge in [-0.3, -0.25) is 9.59 Å². The van der Waals surface area contributed by atoms with Gasteiger partial charge in [-0.2, -0.15) is 0 Å². The van der Waals surface area contributed by atoms with Crippen LogP contribution in [-0.4, -0.2) is 49.9 Å². The Hall–Kier alpha value is -1.10. The fourth-order valence-electron chi connectivity index (χ4n) is 2.04. The molecule has 16 heavy (non-hydrogen) atoms. The Labute approximate surface area is 96.6 Å². The van der Waals surface area contributed by atoms with Crippen molar-refractivity contribution in [2.45, 2.75) is 31.7 Å². The average molecular weight is 227 g/mol. The molecule has 0 aromatic heterocycles. The van der Waals surface area contributed by atoms with Gasteiger partial charge in [0.2, 0.25) is 11.8 Å². The normalized spacial score (nSPS) is 20.6. The van der Waals surface area contributed by atoms with Crippen molar-refractivity contribution in [3.63, 3.8) is 0 Å². The molecule has 5 nitrogen and oxygen atoms in total. The van der Waals surface area contributed by atoms with Crippen LogP contribution in [0.4, 0.5) is 0 Å². The Morgan fingerprint density at radius 2 is 2.06 bits per heavy atom. The van der Waals surface area contributed by atoms with Crippen LogP contribution in [0.3, 0.4) is 0 Å². The second-order valence-corrected chi connectivity index (χ2v) is 4.07. The van der Waals surface area contributed by atoms with E-state index in [-0.39, 0.29) is 17.9 Å². The van der Waals surface area contributed by atoms with E-state index in [1.165, 1.54) is 0 Å². The van der Waals surface area contributed by atoms with Crippen LogP contribution >= 0.6 is 0 Å². The number of piperidine rings is 1. The van der Waals surface area contributed by atoms with Gasteiger partial charge in [0.1, 0.15) is 6.04 Å². The molecule has 0 spiro atoms. The van der Waals surface area contributed by atoms with Crippen molar-refractivity contribution in [1.82, 2.24) is 15.5 Å². The zero-order valence-electron chi connectivity index (χ0n) is 10.1. The summed E-state index contributed by atoms with van der Waals surface area (Å²) in [5.41, 5.74) is 0. The predicted molar refractivity (Wildman–Crippen MR) is 62.0 cm³/mol. The Bertz CT molecular complexity index is 256. The van der Waals surface area contributed by atoms with Crippen molar-refractivity contribution in [3.05, 3.63) is 0 Å². The molecule has 0 aliphatic carbocycles. The van der Waals surface area contributed by atoms with E-state index in [2.05, 4.69) is 10.6 Å². The third-order valence-electron chi connectivity index (χ3n) is 2.96. The van der Waals surface area contributed by atoms with E-state index in [4.69, 9.17) is 0 Å². The van der Waals surface area contributed by atoms with E-state index in [9.17, 15) is 9.59 Å². The van der Waals surface area contributed by atoms with Crippen LogP contribution < -0.4 is 10.6 Å². The minimum absolute atomic E-state index is 0.0440. The van der Waals surface area contributed by atoms with E-state index in [0.717, 1.165) is 19.3 Å². The lowest BCUT2D eigenvalue weighted by Crippen LogP contribution is -2.51. The summed E-state index contributed by atoms with van der Waals surface area (Å²) in [5, 5.41) is 5.57. The number of nitrogens with zero attached hydrogens (tertiary/aromatic N) is 1. The van der Waals surface area contributed by atoms with E-state index in [1.54, 1.807) is 11.9 Å². The maximum atomic E-state index is 11.9. The first kappa shape index (κ1) is 13.0. The first-order chi connectivity index (χ1) is 7.70. The SMILES string of the molecule is CNCCC(=O)N1CCCCC1C(=O)NC. The van der Waals surface area contributed by atoms with Gasteiger partial charge in [-0.05, 0) is 26.3 Å². The molecule has 1 aliphatic heterocycles. The number of likely N-dealkylation sites (tertiary alicyclic amines) is 1. The van der Waals surface area contributed by atoms with E-state index in [0.29, 0.717) is 19.5 Å². The van der Waals surface area contributed by atoms with Crippen LogP contribution in [-0.2, 0) is 9.59 Å². The number of rotatable bonds is 4. The molecular weight excluding hydrogens is 206 g/mol. The third-order valence-corrected chi connectivity index (χ3v) is 2.96. The average Bonchev–Trinajstić information content (AvgIpc) is 2.35. The van der Waals surface area contributed by atoms with E-state index < -0.39 is 0 Å². The number of likely N-dealkylation sites (N-methyl/N-ethyl adjacent to an activating group) is 1. The van der Waals surface area contributed by atoms with Crippen molar-refractivity contribution in [3.8, 4) is 0 Å². The van der Waals surface area contributed by atoms with Gasteiger partial charge in [0, 0.05) is 26.6 Å². The van der Waals surface area contributed by atoms with Crippen LogP contribution in [0.2, 0.25) is 0 Å². The highest BCUT2D eigenvalue weighted by molar-refractivity contribution is 5.87. The van der Waals surface area contributed by atoms with E-state index in [1.807, 2.05) is 7.05 Å². The van der Waals surface area contributed by atoms with Crippen molar-refractivity contribution >= 4 is 11.8 Å². The highest BCUT2D eigenvalue weighted by atomic mass is 16.2. The summed E-state index contributed by atoms with van der Waals surface area (Å²) < 4.78 is 0. The second-order valence-electron chi connectivity index (χ2n) is 4.07. The predicted octanol–water partition coefficient (Wildman–Crippen LogP) is -0.277. The third kappa shape index (κ3) is 3.20. The quantitative estimate of drug-likeness (QED) is 0.694. The molecule has 0 radical (unpaired) electrons.